The number of nitrogens with two attached hydrogens (primary N) is 1. The summed E-state index contributed by atoms with van der Waals surface area (Å²) in [5, 5.41) is 3.20. The molecule has 134 valence electrons. The highest BCUT2D eigenvalue weighted by molar-refractivity contribution is 5.94. The van der Waals surface area contributed by atoms with Crippen molar-refractivity contribution in [1.29, 1.82) is 0 Å². The van der Waals surface area contributed by atoms with Gasteiger partial charge in [0.15, 0.2) is 0 Å². The summed E-state index contributed by atoms with van der Waals surface area (Å²) in [6, 6.07) is 8.78. The molecule has 0 saturated heterocycles. The van der Waals surface area contributed by atoms with Gasteiger partial charge < -0.3 is 11.1 Å². The van der Waals surface area contributed by atoms with Crippen LogP contribution in [0.15, 0.2) is 24.3 Å². The maximum atomic E-state index is 12.5. The second kappa shape index (κ2) is 9.19. The van der Waals surface area contributed by atoms with Crippen molar-refractivity contribution in [3.05, 3.63) is 35.4 Å². The van der Waals surface area contributed by atoms with Crippen molar-refractivity contribution in [3.8, 4) is 0 Å². The van der Waals surface area contributed by atoms with Crippen LogP contribution in [0.3, 0.4) is 0 Å². The predicted octanol–water partition coefficient (Wildman–Crippen LogP) is 3.16. The van der Waals surface area contributed by atoms with E-state index in [2.05, 4.69) is 43.1 Å². The summed E-state index contributed by atoms with van der Waals surface area (Å²) in [6.07, 6.45) is 4.59. The molecule has 1 saturated carbocycles. The van der Waals surface area contributed by atoms with Gasteiger partial charge in [0.2, 0.25) is 0 Å². The topological polar surface area (TPSA) is 58.4 Å². The molecule has 1 aromatic rings. The van der Waals surface area contributed by atoms with E-state index in [1.807, 2.05) is 12.1 Å². The van der Waals surface area contributed by atoms with Gasteiger partial charge >= 0.3 is 0 Å². The second-order valence-corrected chi connectivity index (χ2v) is 7.21. The van der Waals surface area contributed by atoms with Crippen LogP contribution in [0.1, 0.15) is 62.4 Å². The molecule has 1 aliphatic carbocycles. The molecule has 1 aromatic carbocycles. The third kappa shape index (κ3) is 5.05. The van der Waals surface area contributed by atoms with Crippen LogP contribution in [0, 0.1) is 5.92 Å². The molecule has 0 spiro atoms. The maximum Gasteiger partial charge on any atom is 0.251 e. The van der Waals surface area contributed by atoms with E-state index in [4.69, 9.17) is 5.73 Å². The summed E-state index contributed by atoms with van der Waals surface area (Å²) in [5.74, 6) is 0.453. The Balaban J connectivity index is 1.95. The Morgan fingerprint density at radius 2 is 1.92 bits per heavy atom. The number of rotatable bonds is 7. The normalized spacial score (nSPS) is 21.2. The van der Waals surface area contributed by atoms with E-state index in [1.165, 1.54) is 18.4 Å². The molecular weight excluding hydrogens is 298 g/mol. The number of carbonyl (C=O) groups excluding carboxylic acids is 1. The third-order valence-electron chi connectivity index (χ3n) is 5.27. The first kappa shape index (κ1) is 18.9. The zero-order chi connectivity index (χ0) is 17.5. The Bertz CT molecular complexity index is 512. The number of hydrogen-bond donors (Lipinski definition) is 2. The van der Waals surface area contributed by atoms with Crippen LogP contribution >= 0.6 is 0 Å². The number of carbonyl (C=O) groups is 1. The molecule has 0 bridgehead atoms. The Hall–Kier alpha value is -1.39. The fraction of sp³-hybridized carbons (Fsp3) is 0.650. The SMILES string of the molecule is CCN(Cc1ccc(C(=O)NC2CCCCC2CN)cc1)C(C)C. The van der Waals surface area contributed by atoms with Gasteiger partial charge in [-0.25, -0.2) is 0 Å². The van der Waals surface area contributed by atoms with Crippen LogP contribution in [0.5, 0.6) is 0 Å². The number of hydrogen-bond acceptors (Lipinski definition) is 3. The lowest BCUT2D eigenvalue weighted by molar-refractivity contribution is 0.0908. The third-order valence-corrected chi connectivity index (χ3v) is 5.27. The molecular formula is C20H33N3O. The Morgan fingerprint density at radius 1 is 1.25 bits per heavy atom. The first-order valence-electron chi connectivity index (χ1n) is 9.39. The smallest absolute Gasteiger partial charge is 0.251 e. The van der Waals surface area contributed by atoms with E-state index in [1.54, 1.807) is 0 Å². The van der Waals surface area contributed by atoms with Gasteiger partial charge in [-0.2, -0.15) is 0 Å². The van der Waals surface area contributed by atoms with Crippen molar-refractivity contribution in [2.24, 2.45) is 11.7 Å². The minimum absolute atomic E-state index is 0.0307. The number of benzene rings is 1. The van der Waals surface area contributed by atoms with E-state index in [-0.39, 0.29) is 11.9 Å². The first-order valence-corrected chi connectivity index (χ1v) is 9.39. The quantitative estimate of drug-likeness (QED) is 0.807. The summed E-state index contributed by atoms with van der Waals surface area (Å²) in [7, 11) is 0. The molecule has 2 unspecified atom stereocenters. The van der Waals surface area contributed by atoms with Crippen molar-refractivity contribution in [3.63, 3.8) is 0 Å². The number of nitrogens with zero attached hydrogens (tertiary/aromatic N) is 1. The van der Waals surface area contributed by atoms with Crippen LogP contribution in [-0.4, -0.2) is 36.0 Å². The van der Waals surface area contributed by atoms with Crippen molar-refractivity contribution in [2.45, 2.75) is 65.1 Å². The van der Waals surface area contributed by atoms with Gasteiger partial charge in [-0.1, -0.05) is 31.9 Å². The van der Waals surface area contributed by atoms with Crippen molar-refractivity contribution in [1.82, 2.24) is 10.2 Å². The fourth-order valence-electron chi connectivity index (χ4n) is 3.59. The minimum Gasteiger partial charge on any atom is -0.349 e. The first-order chi connectivity index (χ1) is 11.5. The van der Waals surface area contributed by atoms with Crippen molar-refractivity contribution in [2.75, 3.05) is 13.1 Å². The minimum atomic E-state index is 0.0307. The van der Waals surface area contributed by atoms with Gasteiger partial charge in [-0.15, -0.1) is 0 Å². The Morgan fingerprint density at radius 3 is 2.50 bits per heavy atom. The zero-order valence-electron chi connectivity index (χ0n) is 15.4. The van der Waals surface area contributed by atoms with Crippen LogP contribution in [-0.2, 0) is 6.54 Å². The van der Waals surface area contributed by atoms with Crippen LogP contribution in [0.4, 0.5) is 0 Å². The molecule has 0 aromatic heterocycles. The Kier molecular flexibility index (Phi) is 7.25. The molecule has 1 aliphatic rings. The maximum absolute atomic E-state index is 12.5. The van der Waals surface area contributed by atoms with Gasteiger partial charge in [0, 0.05) is 24.2 Å². The lowest BCUT2D eigenvalue weighted by Gasteiger charge is -2.31. The van der Waals surface area contributed by atoms with E-state index in [9.17, 15) is 4.79 Å². The fourth-order valence-corrected chi connectivity index (χ4v) is 3.59. The zero-order valence-corrected chi connectivity index (χ0v) is 15.4. The van der Waals surface area contributed by atoms with Crippen molar-refractivity contribution < 1.29 is 4.79 Å². The molecule has 2 atom stereocenters. The molecule has 0 heterocycles. The lowest BCUT2D eigenvalue weighted by atomic mass is 9.84. The van der Waals surface area contributed by atoms with E-state index in [0.29, 0.717) is 18.5 Å². The molecule has 0 aliphatic heterocycles. The van der Waals surface area contributed by atoms with E-state index < -0.39 is 0 Å². The summed E-state index contributed by atoms with van der Waals surface area (Å²) in [6.45, 7) is 9.22. The average Bonchev–Trinajstić information content (AvgIpc) is 2.60. The summed E-state index contributed by atoms with van der Waals surface area (Å²) in [4.78, 5) is 14.9. The molecule has 4 nitrogen and oxygen atoms in total. The predicted molar refractivity (Wildman–Crippen MR) is 99.9 cm³/mol. The van der Waals surface area contributed by atoms with Gasteiger partial charge in [0.25, 0.3) is 5.91 Å². The molecule has 1 amide bonds. The molecule has 0 radical (unpaired) electrons. The molecule has 4 heteroatoms. The largest absolute Gasteiger partial charge is 0.349 e. The molecule has 1 fully saturated rings. The molecule has 24 heavy (non-hydrogen) atoms. The van der Waals surface area contributed by atoms with Gasteiger partial charge in [0.1, 0.15) is 0 Å². The van der Waals surface area contributed by atoms with Crippen LogP contribution in [0.25, 0.3) is 0 Å². The summed E-state index contributed by atoms with van der Waals surface area (Å²) < 4.78 is 0. The summed E-state index contributed by atoms with van der Waals surface area (Å²) >= 11 is 0. The van der Waals surface area contributed by atoms with Gasteiger partial charge in [-0.3, -0.25) is 9.69 Å². The molecule has 3 N–H and O–H groups in total. The standard InChI is InChI=1S/C20H33N3O/c1-4-23(15(2)3)14-16-9-11-17(12-10-16)20(24)22-19-8-6-5-7-18(19)13-21/h9-12,15,18-19H,4-8,13-14,21H2,1-3H3,(H,22,24). The Labute approximate surface area is 146 Å². The summed E-state index contributed by atoms with van der Waals surface area (Å²) in [5.41, 5.74) is 7.85. The van der Waals surface area contributed by atoms with E-state index >= 15 is 0 Å². The highest BCUT2D eigenvalue weighted by Gasteiger charge is 2.25. The highest BCUT2D eigenvalue weighted by atomic mass is 16.1. The average molecular weight is 332 g/mol. The van der Waals surface area contributed by atoms with Crippen molar-refractivity contribution >= 4 is 5.91 Å². The number of nitrogens with one attached hydrogen (secondary N) is 1. The van der Waals surface area contributed by atoms with Crippen LogP contribution < -0.4 is 11.1 Å². The van der Waals surface area contributed by atoms with Gasteiger partial charge in [0.05, 0.1) is 0 Å². The van der Waals surface area contributed by atoms with Crippen LogP contribution in [0.2, 0.25) is 0 Å². The highest BCUT2D eigenvalue weighted by Crippen LogP contribution is 2.23. The lowest BCUT2D eigenvalue weighted by Crippen LogP contribution is -2.44. The van der Waals surface area contributed by atoms with Gasteiger partial charge in [-0.05, 0) is 63.4 Å². The molecule has 2 rings (SSSR count). The van der Waals surface area contributed by atoms with E-state index in [0.717, 1.165) is 31.5 Å². The monoisotopic (exact) mass is 331 g/mol. The number of amides is 1. The second-order valence-electron chi connectivity index (χ2n) is 7.21.